The third-order valence-corrected chi connectivity index (χ3v) is 6.34. The number of aryl methyl sites for hydroxylation is 3. The Kier molecular flexibility index (Phi) is 6.70. The van der Waals surface area contributed by atoms with Crippen LogP contribution in [0.5, 0.6) is 0 Å². The highest BCUT2D eigenvalue weighted by atomic mass is 32.2. The minimum atomic E-state index is -3.46. The lowest BCUT2D eigenvalue weighted by molar-refractivity contribution is 0.102. The van der Waals surface area contributed by atoms with E-state index in [0.29, 0.717) is 11.3 Å². The van der Waals surface area contributed by atoms with Crippen LogP contribution in [-0.2, 0) is 22.3 Å². The lowest BCUT2D eigenvalue weighted by Crippen LogP contribution is -2.25. The van der Waals surface area contributed by atoms with Crippen molar-refractivity contribution in [3.05, 3.63) is 100 Å². The zero-order valence-electron chi connectivity index (χ0n) is 17.4. The second-order valence-electron chi connectivity index (χ2n) is 7.46. The van der Waals surface area contributed by atoms with Gasteiger partial charge in [0.1, 0.15) is 0 Å². The maximum absolute atomic E-state index is 12.5. The summed E-state index contributed by atoms with van der Waals surface area (Å²) in [5, 5.41) is 2.86. The Hall–Kier alpha value is -2.96. The van der Waals surface area contributed by atoms with Gasteiger partial charge in [-0.25, -0.2) is 13.1 Å². The van der Waals surface area contributed by atoms with Crippen molar-refractivity contribution in [2.45, 2.75) is 33.1 Å². The van der Waals surface area contributed by atoms with Crippen molar-refractivity contribution in [3.63, 3.8) is 0 Å². The van der Waals surface area contributed by atoms with Gasteiger partial charge in [-0.1, -0.05) is 42.5 Å². The van der Waals surface area contributed by atoms with E-state index >= 15 is 0 Å². The maximum atomic E-state index is 12.5. The minimum Gasteiger partial charge on any atom is -0.322 e. The molecule has 0 aliphatic carbocycles. The van der Waals surface area contributed by atoms with Gasteiger partial charge >= 0.3 is 0 Å². The first-order chi connectivity index (χ1) is 14.2. The molecule has 0 atom stereocenters. The van der Waals surface area contributed by atoms with Crippen LogP contribution < -0.4 is 10.0 Å². The number of benzene rings is 3. The number of hydrogen-bond acceptors (Lipinski definition) is 3. The molecule has 30 heavy (non-hydrogen) atoms. The molecule has 0 saturated carbocycles. The highest BCUT2D eigenvalue weighted by molar-refractivity contribution is 7.88. The van der Waals surface area contributed by atoms with Crippen LogP contribution >= 0.6 is 0 Å². The average Bonchev–Trinajstić information content (AvgIpc) is 2.70. The number of amides is 1. The van der Waals surface area contributed by atoms with Gasteiger partial charge in [-0.05, 0) is 72.9 Å². The normalized spacial score (nSPS) is 11.3. The van der Waals surface area contributed by atoms with E-state index in [1.807, 2.05) is 69.3 Å². The molecular formula is C24H26N2O3S. The Morgan fingerprint density at radius 3 is 2.23 bits per heavy atom. The van der Waals surface area contributed by atoms with Crippen LogP contribution in [0.15, 0.2) is 66.7 Å². The summed E-state index contributed by atoms with van der Waals surface area (Å²) in [6.07, 6.45) is 0. The standard InChI is InChI=1S/C24H26N2O3S/c1-17-9-10-20(13-18(17)2)16-30(28,29)25-15-22-11-12-23(14-19(22)3)26-24(27)21-7-5-4-6-8-21/h4-14,25H,15-16H2,1-3H3,(H,26,27). The van der Waals surface area contributed by atoms with Crippen molar-refractivity contribution in [3.8, 4) is 0 Å². The van der Waals surface area contributed by atoms with Crippen molar-refractivity contribution in [2.75, 3.05) is 5.32 Å². The van der Waals surface area contributed by atoms with Gasteiger partial charge in [0.25, 0.3) is 5.91 Å². The van der Waals surface area contributed by atoms with Crippen molar-refractivity contribution >= 4 is 21.6 Å². The van der Waals surface area contributed by atoms with E-state index in [1.165, 1.54) is 0 Å². The Morgan fingerprint density at radius 1 is 0.833 bits per heavy atom. The molecule has 1 amide bonds. The predicted molar refractivity (Wildman–Crippen MR) is 121 cm³/mol. The van der Waals surface area contributed by atoms with Crippen molar-refractivity contribution in [1.29, 1.82) is 0 Å². The summed E-state index contributed by atoms with van der Waals surface area (Å²) in [6.45, 7) is 6.07. The highest BCUT2D eigenvalue weighted by Gasteiger charge is 2.13. The summed E-state index contributed by atoms with van der Waals surface area (Å²) < 4.78 is 27.6. The molecule has 0 heterocycles. The fourth-order valence-corrected chi connectivity index (χ4v) is 4.21. The van der Waals surface area contributed by atoms with E-state index in [-0.39, 0.29) is 18.2 Å². The monoisotopic (exact) mass is 422 g/mol. The molecule has 3 aromatic carbocycles. The average molecular weight is 423 g/mol. The van der Waals surface area contributed by atoms with E-state index in [0.717, 1.165) is 27.8 Å². The quantitative estimate of drug-likeness (QED) is 0.589. The van der Waals surface area contributed by atoms with Crippen molar-refractivity contribution in [1.82, 2.24) is 4.72 Å². The second kappa shape index (κ2) is 9.24. The van der Waals surface area contributed by atoms with Gasteiger partial charge in [-0.15, -0.1) is 0 Å². The van der Waals surface area contributed by atoms with Crippen molar-refractivity contribution < 1.29 is 13.2 Å². The van der Waals surface area contributed by atoms with Crippen LogP contribution in [0.2, 0.25) is 0 Å². The van der Waals surface area contributed by atoms with Gasteiger partial charge in [0.2, 0.25) is 10.0 Å². The molecular weight excluding hydrogens is 396 g/mol. The van der Waals surface area contributed by atoms with Crippen LogP contribution in [0.1, 0.15) is 38.2 Å². The third-order valence-electron chi connectivity index (χ3n) is 5.05. The number of rotatable bonds is 7. The zero-order chi connectivity index (χ0) is 21.7. The molecule has 3 aromatic rings. The molecule has 0 bridgehead atoms. The van der Waals surface area contributed by atoms with Crippen molar-refractivity contribution in [2.24, 2.45) is 0 Å². The Morgan fingerprint density at radius 2 is 1.57 bits per heavy atom. The second-order valence-corrected chi connectivity index (χ2v) is 9.27. The molecule has 0 aliphatic rings. The van der Waals surface area contributed by atoms with Crippen LogP contribution in [0.3, 0.4) is 0 Å². The molecule has 0 radical (unpaired) electrons. The van der Waals surface area contributed by atoms with Crippen LogP contribution in [0.4, 0.5) is 5.69 Å². The third kappa shape index (κ3) is 5.78. The van der Waals surface area contributed by atoms with Crippen LogP contribution in [0.25, 0.3) is 0 Å². The van der Waals surface area contributed by atoms with E-state index in [9.17, 15) is 13.2 Å². The van der Waals surface area contributed by atoms with E-state index in [4.69, 9.17) is 0 Å². The molecule has 5 nitrogen and oxygen atoms in total. The Labute approximate surface area is 178 Å². The molecule has 156 valence electrons. The number of carbonyl (C=O) groups is 1. The lowest BCUT2D eigenvalue weighted by Gasteiger charge is -2.12. The smallest absolute Gasteiger partial charge is 0.255 e. The molecule has 0 unspecified atom stereocenters. The van der Waals surface area contributed by atoms with Gasteiger partial charge in [0, 0.05) is 17.8 Å². The molecule has 6 heteroatoms. The molecule has 0 fully saturated rings. The van der Waals surface area contributed by atoms with Crippen LogP contribution in [-0.4, -0.2) is 14.3 Å². The first-order valence-corrected chi connectivity index (χ1v) is 11.4. The fraction of sp³-hybridized carbons (Fsp3) is 0.208. The number of hydrogen-bond donors (Lipinski definition) is 2. The van der Waals surface area contributed by atoms with Gasteiger partial charge in [0.15, 0.2) is 0 Å². The first-order valence-electron chi connectivity index (χ1n) is 9.73. The summed E-state index contributed by atoms with van der Waals surface area (Å²) in [5.41, 5.74) is 5.99. The summed E-state index contributed by atoms with van der Waals surface area (Å²) in [6, 6.07) is 20.1. The predicted octanol–water partition coefficient (Wildman–Crippen LogP) is 4.48. The first kappa shape index (κ1) is 21.7. The van der Waals surface area contributed by atoms with Gasteiger partial charge < -0.3 is 5.32 Å². The molecule has 0 aromatic heterocycles. The molecule has 3 rings (SSSR count). The highest BCUT2D eigenvalue weighted by Crippen LogP contribution is 2.17. The number of anilines is 1. The molecule has 0 spiro atoms. The molecule has 0 saturated heterocycles. The fourth-order valence-electron chi connectivity index (χ4n) is 3.12. The van der Waals surface area contributed by atoms with Gasteiger partial charge in [-0.3, -0.25) is 4.79 Å². The zero-order valence-corrected chi connectivity index (χ0v) is 18.2. The minimum absolute atomic E-state index is 0.0572. The number of carbonyl (C=O) groups excluding carboxylic acids is 1. The largest absolute Gasteiger partial charge is 0.322 e. The summed E-state index contributed by atoms with van der Waals surface area (Å²) in [5.74, 6) is -0.241. The summed E-state index contributed by atoms with van der Waals surface area (Å²) >= 11 is 0. The lowest BCUT2D eigenvalue weighted by atomic mass is 10.1. The summed E-state index contributed by atoms with van der Waals surface area (Å²) in [7, 11) is -3.46. The maximum Gasteiger partial charge on any atom is 0.255 e. The van der Waals surface area contributed by atoms with E-state index in [1.54, 1.807) is 18.2 Å². The van der Waals surface area contributed by atoms with E-state index < -0.39 is 10.0 Å². The van der Waals surface area contributed by atoms with Gasteiger partial charge in [-0.2, -0.15) is 0 Å². The van der Waals surface area contributed by atoms with Crippen LogP contribution in [0, 0.1) is 20.8 Å². The number of sulfonamides is 1. The number of nitrogens with one attached hydrogen (secondary N) is 2. The summed E-state index contributed by atoms with van der Waals surface area (Å²) in [4.78, 5) is 12.3. The SMILES string of the molecule is Cc1ccc(CS(=O)(=O)NCc2ccc(NC(=O)c3ccccc3)cc2C)cc1C. The van der Waals surface area contributed by atoms with Gasteiger partial charge in [0.05, 0.1) is 5.75 Å². The topological polar surface area (TPSA) is 75.3 Å². The molecule has 0 aliphatic heterocycles. The Bertz CT molecular complexity index is 1160. The Balaban J connectivity index is 1.62. The van der Waals surface area contributed by atoms with E-state index in [2.05, 4.69) is 10.0 Å². The molecule has 2 N–H and O–H groups in total.